The summed E-state index contributed by atoms with van der Waals surface area (Å²) in [5, 5.41) is 0. The molecule has 0 aliphatic heterocycles. The molecule has 0 bridgehead atoms. The van der Waals surface area contributed by atoms with Crippen LogP contribution < -0.4 is 4.74 Å². The van der Waals surface area contributed by atoms with Crippen molar-refractivity contribution in [3.63, 3.8) is 0 Å². The van der Waals surface area contributed by atoms with E-state index in [9.17, 15) is 4.79 Å². The molecule has 0 radical (unpaired) electrons. The second-order valence-corrected chi connectivity index (χ2v) is 5.06. The molecule has 0 aromatic carbocycles. The lowest BCUT2D eigenvalue weighted by Gasteiger charge is -2.15. The van der Waals surface area contributed by atoms with E-state index in [4.69, 9.17) is 4.74 Å². The zero-order valence-electron chi connectivity index (χ0n) is 10.3. The van der Waals surface area contributed by atoms with E-state index >= 15 is 0 Å². The molecule has 0 N–H and O–H groups in total. The van der Waals surface area contributed by atoms with Gasteiger partial charge in [-0.2, -0.15) is 0 Å². The molecule has 1 aliphatic carbocycles. The predicted octanol–water partition coefficient (Wildman–Crippen LogP) is 2.05. The van der Waals surface area contributed by atoms with E-state index in [1.807, 2.05) is 12.3 Å². The number of hydrogen-bond acceptors (Lipinski definition) is 4. The maximum atomic E-state index is 12.0. The van der Waals surface area contributed by atoms with Crippen LogP contribution in [0.5, 0.6) is 5.75 Å². The zero-order chi connectivity index (χ0) is 12.4. The average molecular weight is 252 g/mol. The molecule has 1 heterocycles. The smallest absolute Gasteiger partial charge is 0.275 e. The standard InChI is InChI=1S/C12H16N2O2S/c1-14(2)12(15)10-11(16-8-4-5-8)9(17-3)6-7-13-10/h6-8H,4-5H2,1-3H3. The lowest BCUT2D eigenvalue weighted by atomic mass is 10.3. The van der Waals surface area contributed by atoms with Crippen LogP contribution in [0.4, 0.5) is 0 Å². The Hall–Kier alpha value is -1.23. The molecule has 0 saturated heterocycles. The Morgan fingerprint density at radius 1 is 1.53 bits per heavy atom. The number of carbonyl (C=O) groups excluding carboxylic acids is 1. The summed E-state index contributed by atoms with van der Waals surface area (Å²) < 4.78 is 5.82. The van der Waals surface area contributed by atoms with Crippen molar-refractivity contribution < 1.29 is 9.53 Å². The Morgan fingerprint density at radius 2 is 2.24 bits per heavy atom. The van der Waals surface area contributed by atoms with Crippen LogP contribution in [-0.2, 0) is 0 Å². The zero-order valence-corrected chi connectivity index (χ0v) is 11.1. The highest BCUT2D eigenvalue weighted by atomic mass is 32.2. The Kier molecular flexibility index (Phi) is 3.57. The third-order valence-corrected chi connectivity index (χ3v) is 3.27. The largest absolute Gasteiger partial charge is 0.487 e. The number of nitrogens with zero attached hydrogens (tertiary/aromatic N) is 2. The average Bonchev–Trinajstić information content (AvgIpc) is 3.12. The van der Waals surface area contributed by atoms with Crippen LogP contribution in [0.2, 0.25) is 0 Å². The molecule has 0 atom stereocenters. The van der Waals surface area contributed by atoms with Crippen LogP contribution in [0, 0.1) is 0 Å². The first-order chi connectivity index (χ1) is 8.13. The molecule has 1 amide bonds. The van der Waals surface area contributed by atoms with Crippen molar-refractivity contribution in [3.8, 4) is 5.75 Å². The highest BCUT2D eigenvalue weighted by Gasteiger charge is 2.28. The Labute approximate surface area is 105 Å². The second kappa shape index (κ2) is 4.96. The third-order valence-electron chi connectivity index (χ3n) is 2.51. The molecule has 1 aliphatic rings. The molecule has 92 valence electrons. The summed E-state index contributed by atoms with van der Waals surface area (Å²) in [7, 11) is 3.44. The van der Waals surface area contributed by atoms with Gasteiger partial charge in [-0.25, -0.2) is 4.98 Å². The summed E-state index contributed by atoms with van der Waals surface area (Å²) in [6.45, 7) is 0. The maximum absolute atomic E-state index is 12.0. The first-order valence-electron chi connectivity index (χ1n) is 5.54. The molecular formula is C12H16N2O2S. The molecule has 4 nitrogen and oxygen atoms in total. The van der Waals surface area contributed by atoms with Crippen LogP contribution in [0.3, 0.4) is 0 Å². The maximum Gasteiger partial charge on any atom is 0.275 e. The van der Waals surface area contributed by atoms with Crippen molar-refractivity contribution in [3.05, 3.63) is 18.0 Å². The summed E-state index contributed by atoms with van der Waals surface area (Å²) >= 11 is 1.57. The molecular weight excluding hydrogens is 236 g/mol. The Morgan fingerprint density at radius 3 is 2.76 bits per heavy atom. The van der Waals surface area contributed by atoms with Crippen molar-refractivity contribution in [2.75, 3.05) is 20.4 Å². The molecule has 5 heteroatoms. The second-order valence-electron chi connectivity index (χ2n) is 4.21. The number of aromatic nitrogens is 1. The summed E-state index contributed by atoms with van der Waals surface area (Å²) in [4.78, 5) is 18.7. The first-order valence-corrected chi connectivity index (χ1v) is 6.77. The number of thioether (sulfide) groups is 1. The molecule has 1 saturated carbocycles. The molecule has 0 spiro atoms. The SMILES string of the molecule is CSc1ccnc(C(=O)N(C)C)c1OC1CC1. The monoisotopic (exact) mass is 252 g/mol. The summed E-state index contributed by atoms with van der Waals surface area (Å²) in [6, 6.07) is 1.88. The Balaban J connectivity index is 2.37. The number of ether oxygens (including phenoxy) is 1. The molecule has 17 heavy (non-hydrogen) atoms. The van der Waals surface area contributed by atoms with Gasteiger partial charge in [-0.3, -0.25) is 4.79 Å². The van der Waals surface area contributed by atoms with Gasteiger partial charge >= 0.3 is 0 Å². The number of rotatable bonds is 4. The van der Waals surface area contributed by atoms with E-state index in [-0.39, 0.29) is 12.0 Å². The van der Waals surface area contributed by atoms with Crippen molar-refractivity contribution in [1.82, 2.24) is 9.88 Å². The van der Waals surface area contributed by atoms with Crippen LogP contribution in [0.1, 0.15) is 23.3 Å². The van der Waals surface area contributed by atoms with Gasteiger partial charge < -0.3 is 9.64 Å². The summed E-state index contributed by atoms with van der Waals surface area (Å²) in [6.07, 6.45) is 6.02. The summed E-state index contributed by atoms with van der Waals surface area (Å²) in [5.41, 5.74) is 0.411. The molecule has 0 unspecified atom stereocenters. The van der Waals surface area contributed by atoms with Gasteiger partial charge in [0.1, 0.15) is 0 Å². The van der Waals surface area contributed by atoms with Gasteiger partial charge in [0.25, 0.3) is 5.91 Å². The van der Waals surface area contributed by atoms with Gasteiger partial charge in [-0.05, 0) is 25.2 Å². The lowest BCUT2D eigenvalue weighted by Crippen LogP contribution is -2.24. The molecule has 1 fully saturated rings. The minimum atomic E-state index is -0.114. The number of hydrogen-bond donors (Lipinski definition) is 0. The molecule has 1 aromatic heterocycles. The van der Waals surface area contributed by atoms with Crippen molar-refractivity contribution >= 4 is 17.7 Å². The van der Waals surface area contributed by atoms with Crippen molar-refractivity contribution in [2.24, 2.45) is 0 Å². The van der Waals surface area contributed by atoms with Crippen LogP contribution >= 0.6 is 11.8 Å². The molecule has 2 rings (SSSR count). The van der Waals surface area contributed by atoms with E-state index in [0.717, 1.165) is 17.7 Å². The van der Waals surface area contributed by atoms with Crippen molar-refractivity contribution in [1.29, 1.82) is 0 Å². The van der Waals surface area contributed by atoms with E-state index in [1.165, 1.54) is 4.90 Å². The van der Waals surface area contributed by atoms with E-state index < -0.39 is 0 Å². The highest BCUT2D eigenvalue weighted by molar-refractivity contribution is 7.98. The summed E-state index contributed by atoms with van der Waals surface area (Å²) in [5.74, 6) is 0.526. The van der Waals surface area contributed by atoms with Gasteiger partial charge in [-0.15, -0.1) is 11.8 Å². The van der Waals surface area contributed by atoms with Gasteiger partial charge in [0.05, 0.1) is 11.0 Å². The van der Waals surface area contributed by atoms with Crippen LogP contribution in [0.15, 0.2) is 17.2 Å². The first kappa shape index (κ1) is 12.2. The fourth-order valence-electron chi connectivity index (χ4n) is 1.42. The number of amides is 1. The van der Waals surface area contributed by atoms with E-state index in [2.05, 4.69) is 4.98 Å². The minimum Gasteiger partial charge on any atom is -0.487 e. The van der Waals surface area contributed by atoms with Gasteiger partial charge in [-0.1, -0.05) is 0 Å². The lowest BCUT2D eigenvalue weighted by molar-refractivity contribution is 0.0816. The Bertz CT molecular complexity index is 431. The fraction of sp³-hybridized carbons (Fsp3) is 0.500. The quantitative estimate of drug-likeness (QED) is 0.769. The highest BCUT2D eigenvalue weighted by Crippen LogP contribution is 2.35. The third kappa shape index (κ3) is 2.72. The van der Waals surface area contributed by atoms with Crippen molar-refractivity contribution in [2.45, 2.75) is 23.8 Å². The van der Waals surface area contributed by atoms with Crippen LogP contribution in [-0.4, -0.2) is 42.2 Å². The van der Waals surface area contributed by atoms with Crippen LogP contribution in [0.25, 0.3) is 0 Å². The molecule has 1 aromatic rings. The van der Waals surface area contributed by atoms with E-state index in [0.29, 0.717) is 11.4 Å². The predicted molar refractivity (Wildman–Crippen MR) is 67.7 cm³/mol. The minimum absolute atomic E-state index is 0.114. The fourth-order valence-corrected chi connectivity index (χ4v) is 1.95. The van der Waals surface area contributed by atoms with Gasteiger partial charge in [0.2, 0.25) is 0 Å². The number of pyridine rings is 1. The van der Waals surface area contributed by atoms with Gasteiger partial charge in [0, 0.05) is 20.3 Å². The van der Waals surface area contributed by atoms with Gasteiger partial charge in [0.15, 0.2) is 11.4 Å². The normalized spacial score (nSPS) is 14.5. The number of carbonyl (C=O) groups is 1. The van der Waals surface area contributed by atoms with E-state index in [1.54, 1.807) is 32.1 Å². The topological polar surface area (TPSA) is 42.4 Å².